The van der Waals surface area contributed by atoms with Gasteiger partial charge in [-0.15, -0.1) is 0 Å². The third-order valence-corrected chi connectivity index (χ3v) is 3.00. The van der Waals surface area contributed by atoms with E-state index >= 15 is 0 Å². The van der Waals surface area contributed by atoms with Crippen molar-refractivity contribution in [2.75, 3.05) is 7.05 Å². The molecule has 86 valence electrons. The second-order valence-electron chi connectivity index (χ2n) is 3.91. The van der Waals surface area contributed by atoms with Crippen molar-refractivity contribution in [3.63, 3.8) is 0 Å². The maximum atomic E-state index is 5.41. The van der Waals surface area contributed by atoms with Crippen LogP contribution in [0.25, 0.3) is 21.8 Å². The minimum Gasteiger partial charge on any atom is -0.407 e. The van der Waals surface area contributed by atoms with E-state index in [1.807, 2.05) is 25.4 Å². The fourth-order valence-electron chi connectivity index (χ4n) is 2.25. The van der Waals surface area contributed by atoms with E-state index in [2.05, 4.69) is 27.2 Å². The van der Waals surface area contributed by atoms with Gasteiger partial charge in [-0.1, -0.05) is 18.2 Å². The summed E-state index contributed by atoms with van der Waals surface area (Å²) in [5, 5.41) is 2.27. The minimum absolute atomic E-state index is 0.752. The Morgan fingerprint density at radius 2 is 2.00 bits per heavy atom. The lowest BCUT2D eigenvalue weighted by atomic mass is 10.2. The van der Waals surface area contributed by atoms with Crippen LogP contribution in [0.3, 0.4) is 0 Å². The Hall–Kier alpha value is -2.07. The van der Waals surface area contributed by atoms with Gasteiger partial charge < -0.3 is 9.40 Å². The number of nitrogens with zero attached hydrogens (tertiary/aromatic N) is 2. The molecule has 1 N–H and O–H groups in total. The van der Waals surface area contributed by atoms with Crippen molar-refractivity contribution < 1.29 is 4.84 Å². The van der Waals surface area contributed by atoms with Gasteiger partial charge in [0.2, 0.25) is 0 Å². The van der Waals surface area contributed by atoms with Crippen LogP contribution in [0.5, 0.6) is 5.75 Å². The summed E-state index contributed by atoms with van der Waals surface area (Å²) in [4.78, 5) is 9.62. The molecule has 0 atom stereocenters. The van der Waals surface area contributed by atoms with E-state index < -0.39 is 0 Å². The van der Waals surface area contributed by atoms with Gasteiger partial charge in [0, 0.05) is 25.0 Å². The molecule has 0 unspecified atom stereocenters. The molecule has 0 aliphatic carbocycles. The first-order valence-electron chi connectivity index (χ1n) is 5.47. The van der Waals surface area contributed by atoms with Gasteiger partial charge in [-0.3, -0.25) is 4.98 Å². The van der Waals surface area contributed by atoms with Crippen molar-refractivity contribution in [2.24, 2.45) is 7.05 Å². The number of fused-ring (bicyclic) bond motifs is 3. The number of hydrogen-bond acceptors (Lipinski definition) is 3. The highest BCUT2D eigenvalue weighted by Crippen LogP contribution is 2.33. The largest absolute Gasteiger partial charge is 0.407 e. The van der Waals surface area contributed by atoms with Gasteiger partial charge in [-0.05, 0) is 6.07 Å². The summed E-state index contributed by atoms with van der Waals surface area (Å²) in [6.45, 7) is 0. The molecule has 0 saturated carbocycles. The van der Waals surface area contributed by atoms with Gasteiger partial charge in [0.25, 0.3) is 0 Å². The van der Waals surface area contributed by atoms with Crippen molar-refractivity contribution >= 4 is 21.8 Å². The molecule has 0 radical (unpaired) electrons. The molecular formula is C13H13N3O. The van der Waals surface area contributed by atoms with Crippen molar-refractivity contribution in [3.8, 4) is 5.75 Å². The van der Waals surface area contributed by atoms with Crippen LogP contribution in [0, 0.1) is 0 Å². The summed E-state index contributed by atoms with van der Waals surface area (Å²) in [5.74, 6) is 0.752. The number of benzene rings is 1. The zero-order chi connectivity index (χ0) is 11.8. The summed E-state index contributed by atoms with van der Waals surface area (Å²) in [5.41, 5.74) is 4.95. The van der Waals surface area contributed by atoms with Crippen molar-refractivity contribution in [1.82, 2.24) is 15.0 Å². The molecule has 4 nitrogen and oxygen atoms in total. The fraction of sp³-hybridized carbons (Fsp3) is 0.154. The third kappa shape index (κ3) is 1.38. The molecule has 4 heteroatoms. The van der Waals surface area contributed by atoms with Gasteiger partial charge in [-0.25, -0.2) is 0 Å². The monoisotopic (exact) mass is 227 g/mol. The molecule has 0 aliphatic rings. The maximum Gasteiger partial charge on any atom is 0.175 e. The normalized spacial score (nSPS) is 11.2. The van der Waals surface area contributed by atoms with Gasteiger partial charge in [0.1, 0.15) is 0 Å². The van der Waals surface area contributed by atoms with Crippen LogP contribution < -0.4 is 10.3 Å². The van der Waals surface area contributed by atoms with E-state index in [0.29, 0.717) is 0 Å². The Kier molecular flexibility index (Phi) is 2.23. The SMILES string of the molecule is CNOc1cncc2c1c1ccccc1n2C. The van der Waals surface area contributed by atoms with Crippen molar-refractivity contribution in [3.05, 3.63) is 36.7 Å². The highest BCUT2D eigenvalue weighted by molar-refractivity contribution is 6.10. The fourth-order valence-corrected chi connectivity index (χ4v) is 2.25. The predicted octanol–water partition coefficient (Wildman–Crippen LogP) is 2.24. The first-order chi connectivity index (χ1) is 8.33. The number of aromatic nitrogens is 2. The minimum atomic E-state index is 0.752. The Morgan fingerprint density at radius 1 is 1.18 bits per heavy atom. The molecular weight excluding hydrogens is 214 g/mol. The highest BCUT2D eigenvalue weighted by Gasteiger charge is 2.12. The average Bonchev–Trinajstić information content (AvgIpc) is 2.66. The summed E-state index contributed by atoms with van der Waals surface area (Å²) in [6.07, 6.45) is 3.59. The van der Waals surface area contributed by atoms with Gasteiger partial charge in [0.15, 0.2) is 5.75 Å². The maximum absolute atomic E-state index is 5.41. The van der Waals surface area contributed by atoms with Crippen molar-refractivity contribution in [1.29, 1.82) is 0 Å². The van der Waals surface area contributed by atoms with Crippen LogP contribution in [-0.2, 0) is 7.05 Å². The zero-order valence-corrected chi connectivity index (χ0v) is 9.77. The lowest BCUT2D eigenvalue weighted by Crippen LogP contribution is -2.11. The Labute approximate surface area is 98.8 Å². The molecule has 0 aliphatic heterocycles. The summed E-state index contributed by atoms with van der Waals surface area (Å²) < 4.78 is 2.13. The van der Waals surface area contributed by atoms with E-state index in [0.717, 1.165) is 16.7 Å². The van der Waals surface area contributed by atoms with Crippen LogP contribution in [0.4, 0.5) is 0 Å². The Balaban J connectivity index is 2.49. The molecule has 1 aromatic carbocycles. The molecule has 0 fully saturated rings. The van der Waals surface area contributed by atoms with Gasteiger partial charge in [0.05, 0.1) is 23.3 Å². The molecule has 0 saturated heterocycles. The second-order valence-corrected chi connectivity index (χ2v) is 3.91. The van der Waals surface area contributed by atoms with Crippen LogP contribution in [-0.4, -0.2) is 16.6 Å². The second kappa shape index (κ2) is 3.75. The summed E-state index contributed by atoms with van der Waals surface area (Å²) in [7, 11) is 3.78. The van der Waals surface area contributed by atoms with Crippen LogP contribution in [0.2, 0.25) is 0 Å². The molecule has 3 rings (SSSR count). The van der Waals surface area contributed by atoms with E-state index in [-0.39, 0.29) is 0 Å². The van der Waals surface area contributed by atoms with E-state index in [4.69, 9.17) is 4.84 Å². The van der Waals surface area contributed by atoms with E-state index in [9.17, 15) is 0 Å². The van der Waals surface area contributed by atoms with Crippen LogP contribution >= 0.6 is 0 Å². The lowest BCUT2D eigenvalue weighted by Gasteiger charge is -2.04. The summed E-state index contributed by atoms with van der Waals surface area (Å²) in [6, 6.07) is 8.26. The molecule has 0 amide bonds. The number of rotatable bonds is 2. The summed E-state index contributed by atoms with van der Waals surface area (Å²) >= 11 is 0. The number of hydroxylamine groups is 1. The number of nitrogens with one attached hydrogen (secondary N) is 1. The zero-order valence-electron chi connectivity index (χ0n) is 9.77. The molecule has 2 aromatic heterocycles. The van der Waals surface area contributed by atoms with E-state index in [1.165, 1.54) is 10.9 Å². The highest BCUT2D eigenvalue weighted by atomic mass is 16.6. The third-order valence-electron chi connectivity index (χ3n) is 3.00. The van der Waals surface area contributed by atoms with Gasteiger partial charge >= 0.3 is 0 Å². The quantitative estimate of drug-likeness (QED) is 0.682. The number of hydrogen-bond donors (Lipinski definition) is 1. The molecule has 2 heterocycles. The first-order valence-corrected chi connectivity index (χ1v) is 5.47. The van der Waals surface area contributed by atoms with Crippen LogP contribution in [0.15, 0.2) is 36.7 Å². The number of pyridine rings is 1. The molecule has 17 heavy (non-hydrogen) atoms. The van der Waals surface area contributed by atoms with Crippen LogP contribution in [0.1, 0.15) is 0 Å². The number of aryl methyl sites for hydroxylation is 1. The topological polar surface area (TPSA) is 39.1 Å². The standard InChI is InChI=1S/C13H13N3O/c1-14-17-12-8-15-7-11-13(12)9-5-3-4-6-10(9)16(11)2/h3-8,14H,1-2H3. The van der Waals surface area contributed by atoms with E-state index in [1.54, 1.807) is 13.2 Å². The molecule has 3 aromatic rings. The first kappa shape index (κ1) is 10.1. The molecule has 0 bridgehead atoms. The Morgan fingerprint density at radius 3 is 2.82 bits per heavy atom. The Bertz CT molecular complexity index is 688. The number of para-hydroxylation sites is 1. The lowest BCUT2D eigenvalue weighted by molar-refractivity contribution is 0.226. The predicted molar refractivity (Wildman–Crippen MR) is 67.9 cm³/mol. The average molecular weight is 227 g/mol. The van der Waals surface area contributed by atoms with Crippen molar-refractivity contribution in [2.45, 2.75) is 0 Å². The molecule has 0 spiro atoms. The smallest absolute Gasteiger partial charge is 0.175 e. The van der Waals surface area contributed by atoms with Gasteiger partial charge in [-0.2, -0.15) is 5.48 Å².